The lowest BCUT2D eigenvalue weighted by Crippen LogP contribution is -2.24. The van der Waals surface area contributed by atoms with Gasteiger partial charge in [-0.2, -0.15) is 0 Å². The van der Waals surface area contributed by atoms with Gasteiger partial charge in [0.2, 0.25) is 0 Å². The van der Waals surface area contributed by atoms with Crippen molar-refractivity contribution in [2.75, 3.05) is 10.5 Å². The zero-order chi connectivity index (χ0) is 19.6. The van der Waals surface area contributed by atoms with Crippen molar-refractivity contribution in [3.05, 3.63) is 59.6 Å². The van der Waals surface area contributed by atoms with Gasteiger partial charge in [0.1, 0.15) is 5.75 Å². The van der Waals surface area contributed by atoms with Crippen LogP contribution in [0.5, 0.6) is 5.75 Å². The van der Waals surface area contributed by atoms with E-state index >= 15 is 0 Å². The van der Waals surface area contributed by atoms with Crippen LogP contribution in [0.15, 0.2) is 64.4 Å². The SMILES string of the molecule is O=C([O-])CSc1cc(NS(=O)(=O)c2ccc(Cl)cc2)c2ccccc2c1O. The maximum atomic E-state index is 12.7. The first-order chi connectivity index (χ1) is 12.8. The van der Waals surface area contributed by atoms with Crippen LogP contribution >= 0.6 is 23.4 Å². The summed E-state index contributed by atoms with van der Waals surface area (Å²) in [6.07, 6.45) is 0. The summed E-state index contributed by atoms with van der Waals surface area (Å²) in [7, 11) is -3.91. The molecule has 0 amide bonds. The van der Waals surface area contributed by atoms with Gasteiger partial charge in [0, 0.05) is 21.5 Å². The van der Waals surface area contributed by atoms with Gasteiger partial charge < -0.3 is 15.0 Å². The number of rotatable bonds is 6. The second-order valence-corrected chi connectivity index (χ2v) is 8.67. The van der Waals surface area contributed by atoms with Crippen molar-refractivity contribution in [3.63, 3.8) is 0 Å². The van der Waals surface area contributed by atoms with Crippen LogP contribution in [-0.2, 0) is 14.8 Å². The van der Waals surface area contributed by atoms with E-state index in [4.69, 9.17) is 11.6 Å². The molecule has 0 fully saturated rings. The highest BCUT2D eigenvalue weighted by molar-refractivity contribution is 8.00. The predicted octanol–water partition coefficient (Wildman–Crippen LogP) is 2.84. The molecule has 0 aliphatic heterocycles. The third-order valence-corrected chi connectivity index (χ3v) is 6.33. The molecule has 0 saturated carbocycles. The van der Waals surface area contributed by atoms with Gasteiger partial charge in [0.15, 0.2) is 0 Å². The van der Waals surface area contributed by atoms with Gasteiger partial charge in [0.25, 0.3) is 10.0 Å². The smallest absolute Gasteiger partial charge is 0.261 e. The summed E-state index contributed by atoms with van der Waals surface area (Å²) in [4.78, 5) is 11.0. The van der Waals surface area contributed by atoms with Gasteiger partial charge in [0.05, 0.1) is 21.4 Å². The summed E-state index contributed by atoms with van der Waals surface area (Å²) in [5.41, 5.74) is 0.221. The molecule has 0 atom stereocenters. The highest BCUT2D eigenvalue weighted by atomic mass is 35.5. The number of carbonyl (C=O) groups excluding carboxylic acids is 1. The summed E-state index contributed by atoms with van der Waals surface area (Å²) in [5.74, 6) is -1.79. The van der Waals surface area contributed by atoms with Crippen LogP contribution < -0.4 is 9.83 Å². The number of fused-ring (bicyclic) bond motifs is 1. The highest BCUT2D eigenvalue weighted by Crippen LogP contribution is 2.40. The molecule has 2 N–H and O–H groups in total. The number of anilines is 1. The Balaban J connectivity index is 2.08. The van der Waals surface area contributed by atoms with Crippen molar-refractivity contribution in [1.82, 2.24) is 0 Å². The Morgan fingerprint density at radius 1 is 1.11 bits per heavy atom. The molecular formula is C18H13ClNO5S2-. The number of halogens is 1. The van der Waals surface area contributed by atoms with Crippen molar-refractivity contribution < 1.29 is 23.4 Å². The normalized spacial score (nSPS) is 11.4. The van der Waals surface area contributed by atoms with Crippen molar-refractivity contribution in [3.8, 4) is 5.75 Å². The van der Waals surface area contributed by atoms with Crippen LogP contribution in [0.25, 0.3) is 10.8 Å². The number of carboxylic acid groups (broad SMARTS) is 1. The van der Waals surface area contributed by atoms with E-state index in [9.17, 15) is 23.4 Å². The standard InChI is InChI=1S/C18H14ClNO5S2/c19-11-5-7-12(8-6-11)27(24,25)20-15-9-16(26-10-17(21)22)18(23)14-4-2-1-3-13(14)15/h1-9,20,23H,10H2,(H,21,22)/p-1. The van der Waals surface area contributed by atoms with E-state index in [1.54, 1.807) is 24.3 Å². The first-order valence-corrected chi connectivity index (χ1v) is 10.5. The van der Waals surface area contributed by atoms with E-state index in [0.29, 0.717) is 15.8 Å². The molecule has 0 heterocycles. The van der Waals surface area contributed by atoms with Crippen LogP contribution in [0, 0.1) is 0 Å². The number of aromatic hydroxyl groups is 1. The van der Waals surface area contributed by atoms with Crippen molar-refractivity contribution in [2.45, 2.75) is 9.79 Å². The lowest BCUT2D eigenvalue weighted by Gasteiger charge is -2.15. The number of aliphatic carboxylic acids is 1. The minimum atomic E-state index is -3.91. The summed E-state index contributed by atoms with van der Waals surface area (Å²) in [6.45, 7) is 0. The molecule has 0 aliphatic rings. The highest BCUT2D eigenvalue weighted by Gasteiger charge is 2.18. The molecular weight excluding hydrogens is 410 g/mol. The lowest BCUT2D eigenvalue weighted by atomic mass is 10.1. The van der Waals surface area contributed by atoms with Gasteiger partial charge in [-0.05, 0) is 30.3 Å². The second kappa shape index (κ2) is 7.67. The number of benzene rings is 3. The zero-order valence-electron chi connectivity index (χ0n) is 13.7. The Hall–Kier alpha value is -2.42. The average molecular weight is 423 g/mol. The Kier molecular flexibility index (Phi) is 5.50. The van der Waals surface area contributed by atoms with Crippen LogP contribution in [0.3, 0.4) is 0 Å². The Morgan fingerprint density at radius 2 is 1.74 bits per heavy atom. The number of carbonyl (C=O) groups is 1. The van der Waals surface area contributed by atoms with Crippen LogP contribution in [-0.4, -0.2) is 25.2 Å². The van der Waals surface area contributed by atoms with Crippen LogP contribution in [0.1, 0.15) is 0 Å². The van der Waals surface area contributed by atoms with Crippen molar-refractivity contribution >= 4 is 55.8 Å². The summed E-state index contributed by atoms with van der Waals surface area (Å²) in [5, 5.41) is 22.4. The quantitative estimate of drug-likeness (QED) is 0.467. The van der Waals surface area contributed by atoms with Crippen molar-refractivity contribution in [2.24, 2.45) is 0 Å². The van der Waals surface area contributed by atoms with E-state index in [2.05, 4.69) is 4.72 Å². The largest absolute Gasteiger partial charge is 0.549 e. The van der Waals surface area contributed by atoms with Gasteiger partial charge in [-0.15, -0.1) is 11.8 Å². The fourth-order valence-corrected chi connectivity index (χ4v) is 4.40. The number of thioether (sulfide) groups is 1. The molecule has 3 aromatic carbocycles. The molecule has 0 bridgehead atoms. The van der Waals surface area contributed by atoms with Gasteiger partial charge in [-0.3, -0.25) is 4.72 Å². The Bertz CT molecular complexity index is 1110. The van der Waals surface area contributed by atoms with Crippen LogP contribution in [0.2, 0.25) is 5.02 Å². The van der Waals surface area contributed by atoms with E-state index < -0.39 is 16.0 Å². The number of carboxylic acids is 1. The maximum absolute atomic E-state index is 12.7. The number of phenols is 1. The predicted molar refractivity (Wildman–Crippen MR) is 104 cm³/mol. The topological polar surface area (TPSA) is 107 Å². The third kappa shape index (κ3) is 4.29. The number of sulfonamides is 1. The number of nitrogens with one attached hydrogen (secondary N) is 1. The minimum absolute atomic E-state index is 0.0213. The van der Waals surface area contributed by atoms with Crippen LogP contribution in [0.4, 0.5) is 5.69 Å². The van der Waals surface area contributed by atoms with Crippen molar-refractivity contribution in [1.29, 1.82) is 0 Å². The minimum Gasteiger partial charge on any atom is -0.549 e. The Morgan fingerprint density at radius 3 is 2.37 bits per heavy atom. The second-order valence-electron chi connectivity index (χ2n) is 5.54. The summed E-state index contributed by atoms with van der Waals surface area (Å²) in [6, 6.07) is 13.7. The maximum Gasteiger partial charge on any atom is 0.261 e. The number of hydrogen-bond acceptors (Lipinski definition) is 6. The Labute approximate surface area is 164 Å². The molecule has 6 nitrogen and oxygen atoms in total. The first kappa shape index (κ1) is 19.3. The van der Waals surface area contributed by atoms with Gasteiger partial charge >= 0.3 is 0 Å². The van der Waals surface area contributed by atoms with E-state index in [-0.39, 0.29) is 27.0 Å². The fraction of sp³-hybridized carbons (Fsp3) is 0.0556. The lowest BCUT2D eigenvalue weighted by molar-refractivity contribution is -0.301. The molecule has 0 spiro atoms. The average Bonchev–Trinajstić information content (AvgIpc) is 2.63. The van der Waals surface area contributed by atoms with E-state index in [1.807, 2.05) is 0 Å². The molecule has 0 radical (unpaired) electrons. The van der Waals surface area contributed by atoms with Gasteiger partial charge in [-0.25, -0.2) is 8.42 Å². The molecule has 3 rings (SSSR count). The van der Waals surface area contributed by atoms with E-state index in [0.717, 1.165) is 11.8 Å². The molecule has 9 heteroatoms. The third-order valence-electron chi connectivity index (χ3n) is 3.69. The summed E-state index contributed by atoms with van der Waals surface area (Å²) < 4.78 is 27.9. The monoisotopic (exact) mass is 422 g/mol. The first-order valence-electron chi connectivity index (χ1n) is 7.63. The molecule has 140 valence electrons. The van der Waals surface area contributed by atoms with E-state index in [1.165, 1.54) is 30.3 Å². The zero-order valence-corrected chi connectivity index (χ0v) is 16.1. The number of hydrogen-bond donors (Lipinski definition) is 2. The molecule has 27 heavy (non-hydrogen) atoms. The molecule has 0 saturated heterocycles. The molecule has 0 aromatic heterocycles. The molecule has 3 aromatic rings. The fourth-order valence-electron chi connectivity index (χ4n) is 2.48. The molecule has 0 unspecified atom stereocenters. The van der Waals surface area contributed by atoms with Gasteiger partial charge in [-0.1, -0.05) is 35.9 Å². The number of phenolic OH excluding ortho intramolecular Hbond substituents is 1. The molecule has 0 aliphatic carbocycles. The summed E-state index contributed by atoms with van der Waals surface area (Å²) >= 11 is 6.64.